The van der Waals surface area contributed by atoms with Gasteiger partial charge in [0.2, 0.25) is 0 Å². The Balaban J connectivity index is 3.40. The average molecular weight is 1140 g/mol. The van der Waals surface area contributed by atoms with Gasteiger partial charge in [0.1, 0.15) is 6.61 Å². The molecule has 0 aliphatic rings. The zero-order valence-electron chi connectivity index (χ0n) is 54.8. The summed E-state index contributed by atoms with van der Waals surface area (Å²) in [7, 11) is 0. The first-order valence-corrected chi connectivity index (χ1v) is 36.1. The smallest absolute Gasteiger partial charge is 0.306 e. The van der Waals surface area contributed by atoms with Gasteiger partial charge in [0.05, 0.1) is 6.61 Å². The number of carbonyl (C=O) groups excluding carboxylic acids is 2. The summed E-state index contributed by atoms with van der Waals surface area (Å²) >= 11 is 0. The Morgan fingerprint density at radius 1 is 0.293 bits per heavy atom. The second kappa shape index (κ2) is 72.3. The SMILES string of the molecule is CC/C=C\C/C=C\C/C=C\C/C=C\C/C=C\CCCCCCCCCCCCCCCCCCCCCCCCCC(=O)OC(CO)COC(=O)CCCCCCCCCCCCCCCCCCC/C=C\C/C=C\CCCCCCC. The summed E-state index contributed by atoms with van der Waals surface area (Å²) in [6.45, 7) is 4.06. The van der Waals surface area contributed by atoms with Crippen molar-refractivity contribution in [1.82, 2.24) is 0 Å². The van der Waals surface area contributed by atoms with Crippen LogP contribution in [0.5, 0.6) is 0 Å². The van der Waals surface area contributed by atoms with Crippen LogP contribution in [0.1, 0.15) is 373 Å². The van der Waals surface area contributed by atoms with Crippen LogP contribution in [0, 0.1) is 0 Å². The molecule has 476 valence electrons. The average Bonchev–Trinajstić information content (AvgIpc) is 3.49. The first-order chi connectivity index (χ1) is 40.6. The molecular weight excluding hydrogens is 1000 g/mol. The Kier molecular flexibility index (Phi) is 69.8. The molecule has 0 spiro atoms. The second-order valence-corrected chi connectivity index (χ2v) is 24.3. The van der Waals surface area contributed by atoms with Crippen molar-refractivity contribution in [1.29, 1.82) is 0 Å². The molecule has 0 rings (SSSR count). The van der Waals surface area contributed by atoms with Crippen molar-refractivity contribution in [2.45, 2.75) is 380 Å². The van der Waals surface area contributed by atoms with E-state index in [0.717, 1.165) is 77.0 Å². The van der Waals surface area contributed by atoms with Gasteiger partial charge in [-0.1, -0.05) is 356 Å². The van der Waals surface area contributed by atoms with Crippen molar-refractivity contribution in [2.75, 3.05) is 13.2 Å². The number of aliphatic hydroxyl groups excluding tert-OH is 1. The first kappa shape index (κ1) is 79.1. The number of ether oxygens (including phenoxy) is 2. The minimum atomic E-state index is -0.773. The highest BCUT2D eigenvalue weighted by Crippen LogP contribution is 2.19. The number of esters is 2. The third-order valence-corrected chi connectivity index (χ3v) is 16.2. The highest BCUT2D eigenvalue weighted by atomic mass is 16.6. The lowest BCUT2D eigenvalue weighted by molar-refractivity contribution is -0.161. The highest BCUT2D eigenvalue weighted by molar-refractivity contribution is 5.70. The molecule has 0 heterocycles. The molecule has 0 bridgehead atoms. The van der Waals surface area contributed by atoms with E-state index in [1.165, 1.54) is 270 Å². The van der Waals surface area contributed by atoms with Gasteiger partial charge in [-0.2, -0.15) is 0 Å². The Morgan fingerprint density at radius 3 is 0.793 bits per heavy atom. The fourth-order valence-corrected chi connectivity index (χ4v) is 10.8. The molecule has 0 fully saturated rings. The third kappa shape index (κ3) is 69.6. The molecule has 5 nitrogen and oxygen atoms in total. The van der Waals surface area contributed by atoms with Crippen molar-refractivity contribution in [3.05, 3.63) is 85.1 Å². The lowest BCUT2D eigenvalue weighted by Gasteiger charge is -2.15. The fraction of sp³-hybridized carbons (Fsp3) is 0.792. The van der Waals surface area contributed by atoms with Crippen molar-refractivity contribution in [2.24, 2.45) is 0 Å². The van der Waals surface area contributed by atoms with Crippen LogP contribution < -0.4 is 0 Å². The van der Waals surface area contributed by atoms with E-state index in [9.17, 15) is 14.7 Å². The molecule has 1 unspecified atom stereocenters. The number of hydrogen-bond acceptors (Lipinski definition) is 5. The molecule has 0 saturated heterocycles. The van der Waals surface area contributed by atoms with Crippen LogP contribution >= 0.6 is 0 Å². The Hall–Kier alpha value is -2.92. The minimum Gasteiger partial charge on any atom is -0.462 e. The van der Waals surface area contributed by atoms with Crippen LogP contribution in [0.2, 0.25) is 0 Å². The fourth-order valence-electron chi connectivity index (χ4n) is 10.8. The molecule has 0 aromatic rings. The summed E-state index contributed by atoms with van der Waals surface area (Å²) in [6.07, 6.45) is 102. The largest absolute Gasteiger partial charge is 0.462 e. The Labute approximate surface area is 511 Å². The highest BCUT2D eigenvalue weighted by Gasteiger charge is 2.16. The summed E-state index contributed by atoms with van der Waals surface area (Å²) < 4.78 is 10.8. The van der Waals surface area contributed by atoms with Crippen molar-refractivity contribution in [3.63, 3.8) is 0 Å². The topological polar surface area (TPSA) is 72.8 Å². The predicted molar refractivity (Wildman–Crippen MR) is 362 cm³/mol. The van der Waals surface area contributed by atoms with Gasteiger partial charge in [-0.3, -0.25) is 9.59 Å². The van der Waals surface area contributed by atoms with E-state index in [-0.39, 0.29) is 25.2 Å². The lowest BCUT2D eigenvalue weighted by Crippen LogP contribution is -2.28. The predicted octanol–water partition coefficient (Wildman–Crippen LogP) is 25.2. The van der Waals surface area contributed by atoms with E-state index in [2.05, 4.69) is 98.9 Å². The van der Waals surface area contributed by atoms with Crippen LogP contribution in [0.15, 0.2) is 85.1 Å². The van der Waals surface area contributed by atoms with Crippen LogP contribution in [0.25, 0.3) is 0 Å². The molecule has 1 atom stereocenters. The van der Waals surface area contributed by atoms with Crippen LogP contribution in [0.4, 0.5) is 0 Å². The van der Waals surface area contributed by atoms with Gasteiger partial charge in [0, 0.05) is 12.8 Å². The van der Waals surface area contributed by atoms with Crippen LogP contribution in [0.3, 0.4) is 0 Å². The van der Waals surface area contributed by atoms with E-state index in [1.807, 2.05) is 0 Å². The molecule has 0 saturated carbocycles. The number of allylic oxidation sites excluding steroid dienone is 14. The molecule has 0 radical (unpaired) electrons. The van der Waals surface area contributed by atoms with Gasteiger partial charge in [-0.25, -0.2) is 0 Å². The first-order valence-electron chi connectivity index (χ1n) is 36.1. The zero-order valence-corrected chi connectivity index (χ0v) is 54.8. The maximum absolute atomic E-state index is 12.4. The number of carbonyl (C=O) groups is 2. The van der Waals surface area contributed by atoms with Gasteiger partial charge in [0.15, 0.2) is 6.10 Å². The molecule has 82 heavy (non-hydrogen) atoms. The maximum Gasteiger partial charge on any atom is 0.306 e. The van der Waals surface area contributed by atoms with Crippen molar-refractivity contribution in [3.8, 4) is 0 Å². The standard InChI is InChI=1S/C77H138O5/c1-3-5-7-9-11-13-15-17-19-21-23-25-27-29-31-33-34-35-36-37-38-39-40-41-42-44-46-48-50-52-54-56-58-60-62-64-66-68-70-72-77(80)82-75(73-78)74-81-76(79)71-69-67-65-63-61-59-57-55-53-51-49-47-45-43-32-30-28-26-24-22-20-18-16-14-12-10-8-6-4-2/h5,7,11,13,16-19,22-25,29,31,75,78H,3-4,6,8-10,12,14-15,20-21,26-28,30,32-74H2,1-2H3/b7-5-,13-11-,18-16-,19-17-,24-22-,25-23-,31-29-. The lowest BCUT2D eigenvalue weighted by atomic mass is 10.0. The maximum atomic E-state index is 12.4. The van der Waals surface area contributed by atoms with E-state index >= 15 is 0 Å². The normalized spacial score (nSPS) is 12.7. The molecule has 0 aliphatic heterocycles. The third-order valence-electron chi connectivity index (χ3n) is 16.2. The van der Waals surface area contributed by atoms with E-state index in [4.69, 9.17) is 9.47 Å². The molecule has 1 N–H and O–H groups in total. The summed E-state index contributed by atoms with van der Waals surface area (Å²) in [6, 6.07) is 0. The molecule has 0 aliphatic carbocycles. The summed E-state index contributed by atoms with van der Waals surface area (Å²) in [5, 5.41) is 9.71. The minimum absolute atomic E-state index is 0.0623. The molecule has 0 amide bonds. The Bertz CT molecular complexity index is 1480. The number of rotatable bonds is 67. The summed E-state index contributed by atoms with van der Waals surface area (Å²) in [5.41, 5.74) is 0. The number of hydrogen-bond donors (Lipinski definition) is 1. The summed E-state index contributed by atoms with van der Waals surface area (Å²) in [4.78, 5) is 24.7. The van der Waals surface area contributed by atoms with E-state index in [0.29, 0.717) is 12.8 Å². The monoisotopic (exact) mass is 1140 g/mol. The number of aliphatic hydroxyl groups is 1. The Morgan fingerprint density at radius 2 is 0.524 bits per heavy atom. The van der Waals surface area contributed by atoms with Crippen LogP contribution in [-0.4, -0.2) is 36.4 Å². The number of unbranched alkanes of at least 4 members (excludes halogenated alkanes) is 45. The van der Waals surface area contributed by atoms with Gasteiger partial charge >= 0.3 is 11.9 Å². The van der Waals surface area contributed by atoms with Crippen LogP contribution in [-0.2, 0) is 19.1 Å². The molecular formula is C77H138O5. The molecule has 0 aromatic heterocycles. The van der Waals surface area contributed by atoms with E-state index in [1.54, 1.807) is 0 Å². The summed E-state index contributed by atoms with van der Waals surface area (Å²) in [5.74, 6) is -0.571. The molecule has 5 heteroatoms. The van der Waals surface area contributed by atoms with Gasteiger partial charge < -0.3 is 14.6 Å². The van der Waals surface area contributed by atoms with Gasteiger partial charge in [0.25, 0.3) is 0 Å². The second-order valence-electron chi connectivity index (χ2n) is 24.3. The van der Waals surface area contributed by atoms with E-state index < -0.39 is 6.10 Å². The van der Waals surface area contributed by atoms with Crippen molar-refractivity contribution >= 4 is 11.9 Å². The van der Waals surface area contributed by atoms with Gasteiger partial charge in [-0.15, -0.1) is 0 Å². The van der Waals surface area contributed by atoms with Gasteiger partial charge in [-0.05, 0) is 89.9 Å². The zero-order chi connectivity index (χ0) is 59.1. The quantitative estimate of drug-likeness (QED) is 0.0373. The van der Waals surface area contributed by atoms with Crippen molar-refractivity contribution < 1.29 is 24.2 Å². The molecule has 0 aromatic carbocycles.